The molecule has 19 heavy (non-hydrogen) atoms. The molecule has 0 aliphatic rings. The maximum atomic E-state index is 11.7. The third-order valence-electron chi connectivity index (χ3n) is 2.67. The number of nitrogens with zero attached hydrogens (tertiary/aromatic N) is 1. The lowest BCUT2D eigenvalue weighted by Crippen LogP contribution is -2.32. The summed E-state index contributed by atoms with van der Waals surface area (Å²) in [7, 11) is 0. The van der Waals surface area contributed by atoms with Crippen molar-refractivity contribution in [1.29, 1.82) is 0 Å². The van der Waals surface area contributed by atoms with Gasteiger partial charge in [0.1, 0.15) is 0 Å². The van der Waals surface area contributed by atoms with Crippen LogP contribution in [0.2, 0.25) is 0 Å². The normalized spacial score (nSPS) is 10.2. The van der Waals surface area contributed by atoms with Crippen molar-refractivity contribution in [2.24, 2.45) is 0 Å². The largest absolute Gasteiger partial charge is 0.342 e. The van der Waals surface area contributed by atoms with Gasteiger partial charge in [-0.15, -0.1) is 11.3 Å². The van der Waals surface area contributed by atoms with E-state index in [0.29, 0.717) is 10.7 Å². The summed E-state index contributed by atoms with van der Waals surface area (Å²) in [5.74, 6) is -0.0625. The molecule has 0 saturated carbocycles. The number of aromatic nitrogens is 2. The Morgan fingerprint density at radius 2 is 2.21 bits per heavy atom. The van der Waals surface area contributed by atoms with Crippen molar-refractivity contribution in [3.05, 3.63) is 33.6 Å². The molecule has 0 fully saturated rings. The monoisotopic (exact) mass is 278 g/mol. The van der Waals surface area contributed by atoms with Crippen LogP contribution in [0.1, 0.15) is 20.9 Å². The van der Waals surface area contributed by atoms with Gasteiger partial charge in [-0.2, -0.15) is 5.10 Å². The van der Waals surface area contributed by atoms with Gasteiger partial charge in [-0.1, -0.05) is 6.07 Å². The number of aryl methyl sites for hydroxylation is 1. The second-order valence-electron chi connectivity index (χ2n) is 4.03. The average molecular weight is 278 g/mol. The zero-order chi connectivity index (χ0) is 13.8. The lowest BCUT2D eigenvalue weighted by molar-refractivity contribution is -0.115. The van der Waals surface area contributed by atoms with Crippen molar-refractivity contribution in [2.75, 3.05) is 11.9 Å². The second-order valence-corrected chi connectivity index (χ2v) is 4.98. The van der Waals surface area contributed by atoms with Crippen molar-refractivity contribution in [3.63, 3.8) is 0 Å². The van der Waals surface area contributed by atoms with Gasteiger partial charge in [0, 0.05) is 11.3 Å². The smallest absolute Gasteiger partial charge is 0.261 e. The summed E-state index contributed by atoms with van der Waals surface area (Å²) in [4.78, 5) is 23.9. The number of thiophene rings is 1. The fourth-order valence-electron chi connectivity index (χ4n) is 1.44. The molecule has 2 heterocycles. The van der Waals surface area contributed by atoms with Gasteiger partial charge in [-0.05, 0) is 25.3 Å². The van der Waals surface area contributed by atoms with Crippen LogP contribution in [0.15, 0.2) is 17.5 Å². The number of H-pyrrole nitrogens is 1. The van der Waals surface area contributed by atoms with Gasteiger partial charge >= 0.3 is 0 Å². The van der Waals surface area contributed by atoms with Crippen molar-refractivity contribution < 1.29 is 9.59 Å². The quantitative estimate of drug-likeness (QED) is 0.791. The van der Waals surface area contributed by atoms with Crippen molar-refractivity contribution in [2.45, 2.75) is 13.8 Å². The Morgan fingerprint density at radius 1 is 1.42 bits per heavy atom. The highest BCUT2D eigenvalue weighted by Gasteiger charge is 2.11. The van der Waals surface area contributed by atoms with Gasteiger partial charge < -0.3 is 10.6 Å². The molecule has 7 heteroatoms. The van der Waals surface area contributed by atoms with E-state index in [-0.39, 0.29) is 18.4 Å². The van der Waals surface area contributed by atoms with Gasteiger partial charge in [-0.25, -0.2) is 0 Å². The van der Waals surface area contributed by atoms with Crippen LogP contribution in [-0.2, 0) is 4.79 Å². The summed E-state index contributed by atoms with van der Waals surface area (Å²) >= 11 is 1.33. The fraction of sp³-hybridized carbons (Fsp3) is 0.250. The first-order valence-corrected chi connectivity index (χ1v) is 6.59. The topological polar surface area (TPSA) is 86.9 Å². The molecule has 2 aromatic rings. The number of rotatable bonds is 4. The maximum Gasteiger partial charge on any atom is 0.261 e. The Balaban J connectivity index is 1.85. The molecule has 0 aliphatic heterocycles. The summed E-state index contributed by atoms with van der Waals surface area (Å²) in [5, 5.41) is 13.7. The molecule has 2 amide bonds. The number of nitrogens with one attached hydrogen (secondary N) is 3. The minimum absolute atomic E-state index is 0.0813. The fourth-order valence-corrected chi connectivity index (χ4v) is 2.08. The molecule has 0 saturated heterocycles. The average Bonchev–Trinajstić information content (AvgIpc) is 3.02. The SMILES string of the molecule is Cc1[nH]nc(NC(=O)CNC(=O)c2cccs2)c1C. The van der Waals surface area contributed by atoms with Gasteiger partial charge in [-0.3, -0.25) is 14.7 Å². The minimum Gasteiger partial charge on any atom is -0.342 e. The first kappa shape index (κ1) is 13.3. The molecular formula is C12H14N4O2S. The summed E-state index contributed by atoms with van der Waals surface area (Å²) in [5.41, 5.74) is 1.79. The van der Waals surface area contributed by atoms with E-state index in [1.165, 1.54) is 11.3 Å². The van der Waals surface area contributed by atoms with E-state index in [1.807, 2.05) is 19.2 Å². The number of carbonyl (C=O) groups is 2. The highest BCUT2D eigenvalue weighted by atomic mass is 32.1. The van der Waals surface area contributed by atoms with E-state index in [1.54, 1.807) is 12.1 Å². The van der Waals surface area contributed by atoms with Crippen LogP contribution in [0.5, 0.6) is 0 Å². The van der Waals surface area contributed by atoms with Crippen molar-refractivity contribution in [1.82, 2.24) is 15.5 Å². The number of hydrogen-bond donors (Lipinski definition) is 3. The van der Waals surface area contributed by atoms with Crippen LogP contribution in [-0.4, -0.2) is 28.6 Å². The predicted octanol–water partition coefficient (Wildman–Crippen LogP) is 1.46. The van der Waals surface area contributed by atoms with Gasteiger partial charge in [0.25, 0.3) is 5.91 Å². The third kappa shape index (κ3) is 3.19. The van der Waals surface area contributed by atoms with Gasteiger partial charge in [0.2, 0.25) is 5.91 Å². The second kappa shape index (κ2) is 5.66. The van der Waals surface area contributed by atoms with E-state index in [9.17, 15) is 9.59 Å². The molecule has 0 spiro atoms. The molecule has 100 valence electrons. The lowest BCUT2D eigenvalue weighted by atomic mass is 10.3. The van der Waals surface area contributed by atoms with Gasteiger partial charge in [0.05, 0.1) is 11.4 Å². The van der Waals surface area contributed by atoms with E-state index < -0.39 is 0 Å². The first-order chi connectivity index (χ1) is 9.08. The molecular weight excluding hydrogens is 264 g/mol. The molecule has 6 nitrogen and oxygen atoms in total. The molecule has 0 radical (unpaired) electrons. The third-order valence-corrected chi connectivity index (χ3v) is 3.53. The summed E-state index contributed by atoms with van der Waals surface area (Å²) in [6.45, 7) is 3.65. The molecule has 0 aromatic carbocycles. The van der Waals surface area contributed by atoms with Crippen LogP contribution in [0.25, 0.3) is 0 Å². The molecule has 2 rings (SSSR count). The van der Waals surface area contributed by atoms with E-state index in [4.69, 9.17) is 0 Å². The Labute approximate surface area is 114 Å². The number of aromatic amines is 1. The first-order valence-electron chi connectivity index (χ1n) is 5.71. The van der Waals surface area contributed by atoms with E-state index in [2.05, 4.69) is 20.8 Å². The van der Waals surface area contributed by atoms with Crippen LogP contribution < -0.4 is 10.6 Å². The zero-order valence-corrected chi connectivity index (χ0v) is 11.4. The standard InChI is InChI=1S/C12H14N4O2S/c1-7-8(2)15-16-11(7)14-10(17)6-13-12(18)9-4-3-5-19-9/h3-5H,6H2,1-2H3,(H,13,18)(H2,14,15,16,17). The highest BCUT2D eigenvalue weighted by molar-refractivity contribution is 7.12. The Kier molecular flexibility index (Phi) is 3.96. The Bertz CT molecular complexity index is 589. The van der Waals surface area contributed by atoms with Crippen LogP contribution >= 0.6 is 11.3 Å². The molecule has 3 N–H and O–H groups in total. The van der Waals surface area contributed by atoms with Crippen molar-refractivity contribution >= 4 is 29.0 Å². The zero-order valence-electron chi connectivity index (χ0n) is 10.6. The van der Waals surface area contributed by atoms with Crippen LogP contribution in [0.3, 0.4) is 0 Å². The van der Waals surface area contributed by atoms with Crippen LogP contribution in [0, 0.1) is 13.8 Å². The minimum atomic E-state index is -0.306. The number of carbonyl (C=O) groups excluding carboxylic acids is 2. The summed E-state index contributed by atoms with van der Waals surface area (Å²) in [6, 6.07) is 3.49. The molecule has 0 atom stereocenters. The molecule has 0 bridgehead atoms. The Hall–Kier alpha value is -2.15. The lowest BCUT2D eigenvalue weighted by Gasteiger charge is -2.04. The molecule has 2 aromatic heterocycles. The van der Waals surface area contributed by atoms with Crippen LogP contribution in [0.4, 0.5) is 5.82 Å². The molecule has 0 unspecified atom stereocenters. The number of hydrogen-bond acceptors (Lipinski definition) is 4. The number of anilines is 1. The summed E-state index contributed by atoms with van der Waals surface area (Å²) < 4.78 is 0. The maximum absolute atomic E-state index is 11.7. The molecule has 0 aliphatic carbocycles. The van der Waals surface area contributed by atoms with E-state index in [0.717, 1.165) is 11.3 Å². The van der Waals surface area contributed by atoms with E-state index >= 15 is 0 Å². The van der Waals surface area contributed by atoms with Crippen molar-refractivity contribution in [3.8, 4) is 0 Å². The highest BCUT2D eigenvalue weighted by Crippen LogP contribution is 2.13. The summed E-state index contributed by atoms with van der Waals surface area (Å²) in [6.07, 6.45) is 0. The number of amides is 2. The Morgan fingerprint density at radius 3 is 2.79 bits per heavy atom. The van der Waals surface area contributed by atoms with Gasteiger partial charge in [0.15, 0.2) is 5.82 Å². The predicted molar refractivity (Wildman–Crippen MR) is 73.3 cm³/mol.